The number of benzene rings is 1. The van der Waals surface area contributed by atoms with E-state index >= 15 is 0 Å². The van der Waals surface area contributed by atoms with Crippen LogP contribution in [0.1, 0.15) is 5.56 Å². The zero-order valence-electron chi connectivity index (χ0n) is 9.20. The molecule has 92 valence electrons. The first-order valence-corrected chi connectivity index (χ1v) is 4.77. The minimum atomic E-state index is -0.899. The molecule has 6 heteroatoms. The molecule has 0 aliphatic rings. The highest BCUT2D eigenvalue weighted by atomic mass is 19.1. The summed E-state index contributed by atoms with van der Waals surface area (Å²) in [6, 6.07) is 3.19. The fourth-order valence-electron chi connectivity index (χ4n) is 1.06. The summed E-state index contributed by atoms with van der Waals surface area (Å²) < 4.78 is 40.9. The van der Waals surface area contributed by atoms with Gasteiger partial charge in [-0.2, -0.15) is 5.26 Å². The van der Waals surface area contributed by atoms with Crippen LogP contribution < -0.4 is 4.74 Å². The maximum atomic E-state index is 13.4. The molecule has 0 saturated heterocycles. The fourth-order valence-corrected chi connectivity index (χ4v) is 1.06. The van der Waals surface area contributed by atoms with Gasteiger partial charge in [0.1, 0.15) is 11.9 Å². The van der Waals surface area contributed by atoms with Gasteiger partial charge in [0.25, 0.3) is 0 Å². The molecule has 0 aliphatic carbocycles. The van der Waals surface area contributed by atoms with Gasteiger partial charge in [-0.05, 0) is 6.07 Å². The number of methoxy groups -OCH3 is 1. The number of hydrogen-bond acceptors (Lipinski definition) is 4. The molecule has 0 fully saturated rings. The first-order valence-electron chi connectivity index (χ1n) is 4.77. The van der Waals surface area contributed by atoms with Crippen LogP contribution in [-0.4, -0.2) is 27.1 Å². The summed E-state index contributed by atoms with van der Waals surface area (Å²) in [4.78, 5) is 0. The minimum absolute atomic E-state index is 0.241. The number of halogens is 2. The summed E-state index contributed by atoms with van der Waals surface area (Å²) in [6.45, 7) is 0.408. The van der Waals surface area contributed by atoms with Crippen molar-refractivity contribution in [2.45, 2.75) is 0 Å². The molecule has 1 aromatic carbocycles. The average Bonchev–Trinajstić information content (AvgIpc) is 2.32. The Morgan fingerprint density at radius 1 is 1.29 bits per heavy atom. The molecule has 0 heterocycles. The summed E-state index contributed by atoms with van der Waals surface area (Å²) in [5.41, 5.74) is -0.406. The van der Waals surface area contributed by atoms with Crippen molar-refractivity contribution >= 4 is 0 Å². The van der Waals surface area contributed by atoms with E-state index in [1.165, 1.54) is 13.2 Å². The van der Waals surface area contributed by atoms with Crippen LogP contribution in [0, 0.1) is 23.0 Å². The van der Waals surface area contributed by atoms with Gasteiger partial charge in [-0.1, -0.05) is 0 Å². The van der Waals surface area contributed by atoms with Crippen molar-refractivity contribution in [1.82, 2.24) is 0 Å². The van der Waals surface area contributed by atoms with Gasteiger partial charge in [0, 0.05) is 13.2 Å². The lowest BCUT2D eigenvalue weighted by molar-refractivity contribution is -0.0102. The van der Waals surface area contributed by atoms with Crippen molar-refractivity contribution in [3.63, 3.8) is 0 Å². The van der Waals surface area contributed by atoms with E-state index in [0.29, 0.717) is 6.61 Å². The van der Waals surface area contributed by atoms with Crippen LogP contribution in [-0.2, 0) is 9.47 Å². The third-order valence-electron chi connectivity index (χ3n) is 1.85. The van der Waals surface area contributed by atoms with Crippen LogP contribution in [0.15, 0.2) is 12.1 Å². The molecule has 0 amide bonds. The molecule has 1 rings (SSSR count). The molecular weight excluding hydrogens is 232 g/mol. The zero-order valence-corrected chi connectivity index (χ0v) is 9.20. The van der Waals surface area contributed by atoms with Gasteiger partial charge in [0.05, 0.1) is 18.8 Å². The number of ether oxygens (including phenoxy) is 3. The van der Waals surface area contributed by atoms with E-state index in [9.17, 15) is 8.78 Å². The van der Waals surface area contributed by atoms with Crippen LogP contribution >= 0.6 is 0 Å². The first kappa shape index (κ1) is 13.4. The predicted molar refractivity (Wildman–Crippen MR) is 54.4 cm³/mol. The minimum Gasteiger partial charge on any atom is -0.464 e. The summed E-state index contributed by atoms with van der Waals surface area (Å²) >= 11 is 0. The van der Waals surface area contributed by atoms with E-state index in [1.54, 1.807) is 0 Å². The highest BCUT2D eigenvalue weighted by Gasteiger charge is 2.11. The highest BCUT2D eigenvalue weighted by Crippen LogP contribution is 2.22. The Hall–Kier alpha value is -1.71. The maximum absolute atomic E-state index is 13.4. The molecule has 0 bridgehead atoms. The highest BCUT2D eigenvalue weighted by molar-refractivity contribution is 5.39. The normalized spacial score (nSPS) is 10.0. The van der Waals surface area contributed by atoms with E-state index in [-0.39, 0.29) is 19.1 Å². The Kier molecular flexibility index (Phi) is 5.33. The van der Waals surface area contributed by atoms with E-state index in [1.807, 2.05) is 0 Å². The molecule has 0 aliphatic heterocycles. The first-order chi connectivity index (χ1) is 8.19. The maximum Gasteiger partial charge on any atom is 0.189 e. The van der Waals surface area contributed by atoms with Gasteiger partial charge < -0.3 is 14.2 Å². The molecule has 4 nitrogen and oxygen atoms in total. The zero-order chi connectivity index (χ0) is 12.7. The third-order valence-corrected chi connectivity index (χ3v) is 1.85. The monoisotopic (exact) mass is 243 g/mol. The van der Waals surface area contributed by atoms with Gasteiger partial charge >= 0.3 is 0 Å². The Labute approximate surface area is 97.3 Å². The smallest absolute Gasteiger partial charge is 0.189 e. The van der Waals surface area contributed by atoms with Gasteiger partial charge in [-0.15, -0.1) is 0 Å². The fraction of sp³-hybridized carbons (Fsp3) is 0.364. The van der Waals surface area contributed by atoms with Crippen LogP contribution in [0.4, 0.5) is 8.78 Å². The number of nitrogens with zero attached hydrogens (tertiary/aromatic N) is 1. The Balaban J connectivity index is 2.59. The molecule has 0 saturated carbocycles. The van der Waals surface area contributed by atoms with Crippen LogP contribution in [0.3, 0.4) is 0 Å². The lowest BCUT2D eigenvalue weighted by Crippen LogP contribution is -2.09. The molecular formula is C11H11F2NO3. The Morgan fingerprint density at radius 3 is 2.71 bits per heavy atom. The second kappa shape index (κ2) is 6.78. The van der Waals surface area contributed by atoms with E-state index in [4.69, 9.17) is 19.5 Å². The third kappa shape index (κ3) is 3.98. The summed E-state index contributed by atoms with van der Waals surface area (Å²) in [7, 11) is 1.51. The van der Waals surface area contributed by atoms with E-state index < -0.39 is 17.2 Å². The van der Waals surface area contributed by atoms with Gasteiger partial charge in [0.15, 0.2) is 18.4 Å². The standard InChI is InChI=1S/C11H11F2NO3/c1-15-2-3-16-7-17-10-5-9(12)4-8(6-14)11(10)13/h4-5H,2-3,7H2,1H3. The van der Waals surface area contributed by atoms with Crippen molar-refractivity contribution in [2.24, 2.45) is 0 Å². The van der Waals surface area contributed by atoms with E-state index in [2.05, 4.69) is 0 Å². The second-order valence-corrected chi connectivity index (χ2v) is 3.04. The summed E-state index contributed by atoms with van der Waals surface area (Å²) in [5.74, 6) is -1.99. The van der Waals surface area contributed by atoms with Crippen LogP contribution in [0.25, 0.3) is 0 Å². The number of nitriles is 1. The number of hydrogen-bond donors (Lipinski definition) is 0. The van der Waals surface area contributed by atoms with Crippen molar-refractivity contribution in [3.05, 3.63) is 29.3 Å². The summed E-state index contributed by atoms with van der Waals surface area (Å²) in [6.07, 6.45) is 0. The molecule has 0 unspecified atom stereocenters. The lowest BCUT2D eigenvalue weighted by Gasteiger charge is -2.08. The second-order valence-electron chi connectivity index (χ2n) is 3.04. The molecule has 1 aromatic rings. The molecule has 0 N–H and O–H groups in total. The molecule has 0 spiro atoms. The van der Waals surface area contributed by atoms with Crippen LogP contribution in [0.2, 0.25) is 0 Å². The van der Waals surface area contributed by atoms with Crippen molar-refractivity contribution < 1.29 is 23.0 Å². The van der Waals surface area contributed by atoms with Crippen molar-refractivity contribution in [1.29, 1.82) is 5.26 Å². The quantitative estimate of drug-likeness (QED) is 0.565. The van der Waals surface area contributed by atoms with Gasteiger partial charge in [-0.25, -0.2) is 8.78 Å². The number of rotatable bonds is 6. The Bertz CT molecular complexity index is 418. The van der Waals surface area contributed by atoms with Crippen LogP contribution in [0.5, 0.6) is 5.75 Å². The topological polar surface area (TPSA) is 51.5 Å². The van der Waals surface area contributed by atoms with Gasteiger partial charge in [-0.3, -0.25) is 0 Å². The van der Waals surface area contributed by atoms with Crippen molar-refractivity contribution in [3.8, 4) is 11.8 Å². The molecule has 0 radical (unpaired) electrons. The Morgan fingerprint density at radius 2 is 2.06 bits per heavy atom. The van der Waals surface area contributed by atoms with E-state index in [0.717, 1.165) is 12.1 Å². The SMILES string of the molecule is COCCOCOc1cc(F)cc(C#N)c1F. The van der Waals surface area contributed by atoms with Crippen molar-refractivity contribution in [2.75, 3.05) is 27.1 Å². The molecule has 17 heavy (non-hydrogen) atoms. The average molecular weight is 243 g/mol. The largest absolute Gasteiger partial charge is 0.464 e. The molecule has 0 aromatic heterocycles. The molecule has 0 atom stereocenters. The predicted octanol–water partition coefficient (Wildman–Crippen LogP) is 1.84. The summed E-state index contributed by atoms with van der Waals surface area (Å²) in [5, 5.41) is 8.55. The lowest BCUT2D eigenvalue weighted by atomic mass is 10.2. The van der Waals surface area contributed by atoms with Gasteiger partial charge in [0.2, 0.25) is 0 Å².